The van der Waals surface area contributed by atoms with E-state index in [2.05, 4.69) is 19.4 Å². The lowest BCUT2D eigenvalue weighted by molar-refractivity contribution is -0.0498. The summed E-state index contributed by atoms with van der Waals surface area (Å²) in [5.41, 5.74) is 1.48. The van der Waals surface area contributed by atoms with Gasteiger partial charge in [0.2, 0.25) is 5.13 Å². The van der Waals surface area contributed by atoms with E-state index >= 15 is 0 Å². The smallest absolute Gasteiger partial charge is 0.387 e. The van der Waals surface area contributed by atoms with Gasteiger partial charge in [-0.15, -0.1) is 0 Å². The van der Waals surface area contributed by atoms with Gasteiger partial charge in [-0.05, 0) is 49.4 Å². The van der Waals surface area contributed by atoms with Crippen LogP contribution in [0.5, 0.6) is 5.75 Å². The summed E-state index contributed by atoms with van der Waals surface area (Å²) >= 11 is 0.951. The van der Waals surface area contributed by atoms with Gasteiger partial charge in [0.25, 0.3) is 5.91 Å². The summed E-state index contributed by atoms with van der Waals surface area (Å²) < 4.78 is 51.8. The minimum Gasteiger partial charge on any atom is -0.451 e. The van der Waals surface area contributed by atoms with E-state index in [9.17, 15) is 18.0 Å². The standard InChI is InChI=1S/C19H12F3N3O3S/c1-9-13-8-11(20)4-7-14(13)28-15(9)17(26)24-19-23-16(25-29-19)10-2-5-12(6-3-10)27-18(21)22/h2-8,18H,1H3,(H,23,24,25,26). The van der Waals surface area contributed by atoms with Crippen molar-refractivity contribution >= 4 is 33.5 Å². The molecule has 10 heteroatoms. The second-order valence-corrected chi connectivity index (χ2v) is 6.73. The van der Waals surface area contributed by atoms with Crippen LogP contribution in [0.4, 0.5) is 18.3 Å². The number of aryl methyl sites for hydroxylation is 1. The molecule has 0 unspecified atom stereocenters. The molecule has 0 spiro atoms. The number of halogens is 3. The van der Waals surface area contributed by atoms with Crippen LogP contribution in [0.1, 0.15) is 16.1 Å². The summed E-state index contributed by atoms with van der Waals surface area (Å²) in [5, 5.41) is 3.34. The van der Waals surface area contributed by atoms with Crippen LogP contribution in [-0.4, -0.2) is 21.9 Å². The van der Waals surface area contributed by atoms with Crippen molar-refractivity contribution in [3.05, 3.63) is 59.6 Å². The first-order valence-electron chi connectivity index (χ1n) is 8.29. The van der Waals surface area contributed by atoms with Crippen molar-refractivity contribution in [1.82, 2.24) is 9.36 Å². The summed E-state index contributed by atoms with van der Waals surface area (Å²) in [7, 11) is 0. The van der Waals surface area contributed by atoms with Crippen molar-refractivity contribution in [3.8, 4) is 17.1 Å². The zero-order chi connectivity index (χ0) is 20.5. The number of ether oxygens (including phenoxy) is 1. The van der Waals surface area contributed by atoms with Gasteiger partial charge in [0, 0.05) is 28.0 Å². The fraction of sp³-hybridized carbons (Fsp3) is 0.105. The van der Waals surface area contributed by atoms with Gasteiger partial charge in [0.1, 0.15) is 17.1 Å². The minimum atomic E-state index is -2.90. The Morgan fingerprint density at radius 3 is 2.69 bits per heavy atom. The van der Waals surface area contributed by atoms with Crippen molar-refractivity contribution in [2.24, 2.45) is 0 Å². The molecule has 0 saturated heterocycles. The summed E-state index contributed by atoms with van der Waals surface area (Å²) in [4.78, 5) is 16.8. The number of nitrogens with one attached hydrogen (secondary N) is 1. The van der Waals surface area contributed by atoms with Gasteiger partial charge in [-0.1, -0.05) is 0 Å². The molecule has 148 valence electrons. The molecule has 0 atom stereocenters. The van der Waals surface area contributed by atoms with Gasteiger partial charge in [-0.2, -0.15) is 18.1 Å². The Hall–Kier alpha value is -3.40. The molecule has 0 aliphatic heterocycles. The van der Waals surface area contributed by atoms with Gasteiger partial charge >= 0.3 is 6.61 Å². The van der Waals surface area contributed by atoms with Crippen molar-refractivity contribution in [2.75, 3.05) is 5.32 Å². The molecule has 2 aromatic heterocycles. The van der Waals surface area contributed by atoms with E-state index in [1.54, 1.807) is 6.92 Å². The number of anilines is 1. The largest absolute Gasteiger partial charge is 0.451 e. The molecule has 0 aliphatic carbocycles. The minimum absolute atomic E-state index is 0.0179. The van der Waals surface area contributed by atoms with E-state index in [0.29, 0.717) is 27.9 Å². The van der Waals surface area contributed by atoms with Crippen LogP contribution in [-0.2, 0) is 0 Å². The molecule has 0 fully saturated rings. The SMILES string of the molecule is Cc1c(C(=O)Nc2nc(-c3ccc(OC(F)F)cc3)ns2)oc2ccc(F)cc12. The Balaban J connectivity index is 1.52. The number of nitrogens with zero attached hydrogens (tertiary/aromatic N) is 2. The third-order valence-electron chi connectivity index (χ3n) is 4.09. The van der Waals surface area contributed by atoms with E-state index in [-0.39, 0.29) is 16.6 Å². The molecule has 1 N–H and O–H groups in total. The summed E-state index contributed by atoms with van der Waals surface area (Å²) in [6, 6.07) is 9.82. The second kappa shape index (κ2) is 7.55. The van der Waals surface area contributed by atoms with E-state index in [0.717, 1.165) is 11.5 Å². The van der Waals surface area contributed by atoms with Crippen molar-refractivity contribution in [2.45, 2.75) is 13.5 Å². The third-order valence-corrected chi connectivity index (χ3v) is 4.72. The Labute approximate surface area is 166 Å². The van der Waals surface area contributed by atoms with Crippen molar-refractivity contribution < 1.29 is 27.1 Å². The molecule has 1 amide bonds. The number of carbonyl (C=O) groups excluding carboxylic acids is 1. The number of rotatable bonds is 5. The predicted molar refractivity (Wildman–Crippen MR) is 101 cm³/mol. The van der Waals surface area contributed by atoms with Gasteiger partial charge in [-0.25, -0.2) is 4.39 Å². The van der Waals surface area contributed by atoms with Gasteiger partial charge in [-0.3, -0.25) is 10.1 Å². The zero-order valence-corrected chi connectivity index (χ0v) is 15.6. The van der Waals surface area contributed by atoms with E-state index in [1.165, 1.54) is 42.5 Å². The van der Waals surface area contributed by atoms with Crippen LogP contribution in [0.15, 0.2) is 46.9 Å². The number of furan rings is 1. The highest BCUT2D eigenvalue weighted by Gasteiger charge is 2.20. The highest BCUT2D eigenvalue weighted by Crippen LogP contribution is 2.28. The molecular weight excluding hydrogens is 407 g/mol. The first-order chi connectivity index (χ1) is 13.9. The van der Waals surface area contributed by atoms with Crippen LogP contribution >= 0.6 is 11.5 Å². The number of hydrogen-bond acceptors (Lipinski definition) is 6. The Morgan fingerprint density at radius 2 is 1.97 bits per heavy atom. The summed E-state index contributed by atoms with van der Waals surface area (Å²) in [6.07, 6.45) is 0. The number of fused-ring (bicyclic) bond motifs is 1. The van der Waals surface area contributed by atoms with Crippen LogP contribution < -0.4 is 10.1 Å². The number of amides is 1. The molecule has 0 aliphatic rings. The molecule has 0 saturated carbocycles. The number of benzene rings is 2. The zero-order valence-electron chi connectivity index (χ0n) is 14.8. The lowest BCUT2D eigenvalue weighted by atomic mass is 10.1. The number of carbonyl (C=O) groups is 1. The van der Waals surface area contributed by atoms with Gasteiger partial charge in [0.15, 0.2) is 11.6 Å². The average Bonchev–Trinajstić information content (AvgIpc) is 3.27. The van der Waals surface area contributed by atoms with Crippen LogP contribution in [0.25, 0.3) is 22.4 Å². The maximum absolute atomic E-state index is 13.4. The molecule has 4 rings (SSSR count). The molecule has 0 bridgehead atoms. The molecule has 2 aromatic carbocycles. The van der Waals surface area contributed by atoms with Crippen LogP contribution in [0.3, 0.4) is 0 Å². The van der Waals surface area contributed by atoms with Gasteiger partial charge < -0.3 is 9.15 Å². The monoisotopic (exact) mass is 419 g/mol. The molecule has 6 nitrogen and oxygen atoms in total. The summed E-state index contributed by atoms with van der Waals surface area (Å²) in [6.45, 7) is -1.24. The average molecular weight is 419 g/mol. The molecule has 0 radical (unpaired) electrons. The Kier molecular flexibility index (Phi) is 4.93. The predicted octanol–water partition coefficient (Wildman–Crippen LogP) is 5.25. The number of aromatic nitrogens is 2. The normalized spacial score (nSPS) is 11.2. The van der Waals surface area contributed by atoms with E-state index < -0.39 is 18.3 Å². The lowest BCUT2D eigenvalue weighted by Gasteiger charge is -2.04. The van der Waals surface area contributed by atoms with Crippen LogP contribution in [0.2, 0.25) is 0 Å². The highest BCUT2D eigenvalue weighted by molar-refractivity contribution is 7.10. The fourth-order valence-corrected chi connectivity index (χ4v) is 3.33. The second-order valence-electron chi connectivity index (χ2n) is 5.98. The quantitative estimate of drug-likeness (QED) is 0.478. The Morgan fingerprint density at radius 1 is 1.21 bits per heavy atom. The number of hydrogen-bond donors (Lipinski definition) is 1. The Bertz CT molecular complexity index is 1190. The molecule has 2 heterocycles. The van der Waals surface area contributed by atoms with Crippen LogP contribution in [0, 0.1) is 12.7 Å². The highest BCUT2D eigenvalue weighted by atomic mass is 32.1. The maximum atomic E-state index is 13.4. The van der Waals surface area contributed by atoms with Crippen molar-refractivity contribution in [3.63, 3.8) is 0 Å². The summed E-state index contributed by atoms with van der Waals surface area (Å²) in [5.74, 6) is -0.577. The topological polar surface area (TPSA) is 77.2 Å². The first-order valence-corrected chi connectivity index (χ1v) is 9.07. The van der Waals surface area contributed by atoms with E-state index in [1.807, 2.05) is 0 Å². The molecular formula is C19H12F3N3O3S. The number of alkyl halides is 2. The van der Waals surface area contributed by atoms with Crippen molar-refractivity contribution in [1.29, 1.82) is 0 Å². The van der Waals surface area contributed by atoms with Gasteiger partial charge in [0.05, 0.1) is 0 Å². The lowest BCUT2D eigenvalue weighted by Crippen LogP contribution is -2.11. The molecule has 29 heavy (non-hydrogen) atoms. The van der Waals surface area contributed by atoms with E-state index in [4.69, 9.17) is 4.42 Å². The maximum Gasteiger partial charge on any atom is 0.387 e. The first kappa shape index (κ1) is 18.9. The third kappa shape index (κ3) is 3.92. The fourth-order valence-electron chi connectivity index (χ4n) is 2.74. The molecule has 4 aromatic rings.